The summed E-state index contributed by atoms with van der Waals surface area (Å²) >= 11 is 0. The fourth-order valence-electron chi connectivity index (χ4n) is 4.02. The smallest absolute Gasteiger partial charge is 0.122 e. The number of hydrogen-bond donors (Lipinski definition) is 1. The number of hydrogen-bond acceptors (Lipinski definition) is 3. The molecule has 3 heteroatoms. The first-order valence-corrected chi connectivity index (χ1v) is 9.42. The van der Waals surface area contributed by atoms with Gasteiger partial charge in [0.1, 0.15) is 18.0 Å². The second kappa shape index (κ2) is 7.19. The normalized spacial score (nSPS) is 22.7. The Bertz CT molecular complexity index is 694. The van der Waals surface area contributed by atoms with Crippen molar-refractivity contribution in [2.45, 2.75) is 44.2 Å². The summed E-state index contributed by atoms with van der Waals surface area (Å²) in [7, 11) is 0. The molecule has 132 valence electrons. The Kier molecular flexibility index (Phi) is 4.78. The van der Waals surface area contributed by atoms with Gasteiger partial charge < -0.3 is 9.84 Å². The average Bonchev–Trinajstić information content (AvgIpc) is 3.12. The van der Waals surface area contributed by atoms with Gasteiger partial charge >= 0.3 is 0 Å². The van der Waals surface area contributed by atoms with E-state index in [2.05, 4.69) is 53.5 Å². The third-order valence-electron chi connectivity index (χ3n) is 5.61. The standard InChI is InChI=1S/C22H27NO2/c24-22(17-25-21-11-5-9-19-8-4-10-20(19)21)12-14-23(15-13-22)16-18-6-2-1-3-7-18/h1-3,5-8,11,24H,4,9-10,12-17H2. The molecule has 1 aromatic rings. The lowest BCUT2D eigenvalue weighted by molar-refractivity contribution is -0.0676. The molecule has 0 atom stereocenters. The Labute approximate surface area is 150 Å². The Balaban J connectivity index is 1.31. The number of aliphatic hydroxyl groups is 1. The zero-order valence-corrected chi connectivity index (χ0v) is 14.8. The van der Waals surface area contributed by atoms with Crippen LogP contribution in [0.15, 0.2) is 65.5 Å². The van der Waals surface area contributed by atoms with Crippen molar-refractivity contribution >= 4 is 0 Å². The maximum Gasteiger partial charge on any atom is 0.122 e. The van der Waals surface area contributed by atoms with Gasteiger partial charge in [-0.1, -0.05) is 42.5 Å². The van der Waals surface area contributed by atoms with Crippen LogP contribution in [0.5, 0.6) is 0 Å². The predicted molar refractivity (Wildman–Crippen MR) is 100.0 cm³/mol. The van der Waals surface area contributed by atoms with Gasteiger partial charge in [-0.15, -0.1) is 0 Å². The number of ether oxygens (including phenoxy) is 1. The second-order valence-electron chi connectivity index (χ2n) is 7.49. The number of allylic oxidation sites excluding steroid dienone is 5. The Hall–Kier alpha value is -1.84. The monoisotopic (exact) mass is 337 g/mol. The summed E-state index contributed by atoms with van der Waals surface area (Å²) in [6.45, 7) is 3.20. The topological polar surface area (TPSA) is 32.7 Å². The molecule has 1 aliphatic heterocycles. The van der Waals surface area contributed by atoms with Crippen LogP contribution in [0.1, 0.15) is 37.7 Å². The molecule has 1 aromatic carbocycles. The van der Waals surface area contributed by atoms with Gasteiger partial charge in [0.25, 0.3) is 0 Å². The average molecular weight is 337 g/mol. The minimum Gasteiger partial charge on any atom is -0.490 e. The number of rotatable bonds is 5. The Morgan fingerprint density at radius 1 is 1.12 bits per heavy atom. The van der Waals surface area contributed by atoms with Gasteiger partial charge in [-0.05, 0) is 54.9 Å². The lowest BCUT2D eigenvalue weighted by atomic mass is 9.92. The van der Waals surface area contributed by atoms with E-state index < -0.39 is 5.60 Å². The predicted octanol–water partition coefficient (Wildman–Crippen LogP) is 3.96. The quantitative estimate of drug-likeness (QED) is 0.882. The van der Waals surface area contributed by atoms with E-state index in [4.69, 9.17) is 4.74 Å². The van der Waals surface area contributed by atoms with Crippen LogP contribution < -0.4 is 0 Å². The van der Waals surface area contributed by atoms with Crippen LogP contribution in [-0.4, -0.2) is 35.3 Å². The molecule has 0 saturated carbocycles. The van der Waals surface area contributed by atoms with Crippen molar-refractivity contribution in [3.63, 3.8) is 0 Å². The van der Waals surface area contributed by atoms with E-state index in [1.54, 1.807) is 0 Å². The molecular formula is C22H27NO2. The van der Waals surface area contributed by atoms with Crippen LogP contribution in [0.4, 0.5) is 0 Å². The Morgan fingerprint density at radius 2 is 1.92 bits per heavy atom. The highest BCUT2D eigenvalue weighted by atomic mass is 16.5. The summed E-state index contributed by atoms with van der Waals surface area (Å²) in [6, 6.07) is 10.6. The van der Waals surface area contributed by atoms with Gasteiger partial charge in [0, 0.05) is 19.6 Å². The number of fused-ring (bicyclic) bond motifs is 1. The van der Waals surface area contributed by atoms with Crippen LogP contribution in [-0.2, 0) is 11.3 Å². The lowest BCUT2D eigenvalue weighted by Crippen LogP contribution is -2.46. The lowest BCUT2D eigenvalue weighted by Gasteiger charge is -2.38. The fourth-order valence-corrected chi connectivity index (χ4v) is 4.02. The van der Waals surface area contributed by atoms with Crippen LogP contribution in [0.25, 0.3) is 0 Å². The fraction of sp³-hybridized carbons (Fsp3) is 0.455. The summed E-state index contributed by atoms with van der Waals surface area (Å²) in [5.74, 6) is 0.982. The van der Waals surface area contributed by atoms with Crippen LogP contribution in [0.3, 0.4) is 0 Å². The minimum absolute atomic E-state index is 0.405. The molecule has 3 nitrogen and oxygen atoms in total. The number of benzene rings is 1. The van der Waals surface area contributed by atoms with Crippen LogP contribution in [0.2, 0.25) is 0 Å². The van der Waals surface area contributed by atoms with E-state index >= 15 is 0 Å². The summed E-state index contributed by atoms with van der Waals surface area (Å²) in [5, 5.41) is 10.9. The van der Waals surface area contributed by atoms with Crippen LogP contribution >= 0.6 is 0 Å². The molecule has 1 heterocycles. The van der Waals surface area contributed by atoms with E-state index in [0.29, 0.717) is 6.61 Å². The number of likely N-dealkylation sites (tertiary alicyclic amines) is 1. The van der Waals surface area contributed by atoms with Crippen molar-refractivity contribution in [2.75, 3.05) is 19.7 Å². The van der Waals surface area contributed by atoms with Gasteiger partial charge in [-0.25, -0.2) is 0 Å². The molecular weight excluding hydrogens is 310 g/mol. The molecule has 0 aromatic heterocycles. The van der Waals surface area contributed by atoms with Gasteiger partial charge in [-0.2, -0.15) is 0 Å². The van der Waals surface area contributed by atoms with E-state index in [1.807, 2.05) is 0 Å². The molecule has 0 unspecified atom stereocenters. The minimum atomic E-state index is -0.700. The highest BCUT2D eigenvalue weighted by Gasteiger charge is 2.33. The van der Waals surface area contributed by atoms with Crippen molar-refractivity contribution < 1.29 is 9.84 Å². The third-order valence-corrected chi connectivity index (χ3v) is 5.61. The zero-order chi connectivity index (χ0) is 17.1. The highest BCUT2D eigenvalue weighted by Crippen LogP contribution is 2.35. The molecule has 1 N–H and O–H groups in total. The Morgan fingerprint density at radius 3 is 2.72 bits per heavy atom. The van der Waals surface area contributed by atoms with Crippen molar-refractivity contribution in [3.8, 4) is 0 Å². The summed E-state index contributed by atoms with van der Waals surface area (Å²) in [6.07, 6.45) is 11.4. The first kappa shape index (κ1) is 16.6. The van der Waals surface area contributed by atoms with Crippen molar-refractivity contribution in [1.82, 2.24) is 4.90 Å². The molecule has 0 amide bonds. The van der Waals surface area contributed by atoms with Crippen LogP contribution in [0, 0.1) is 0 Å². The molecule has 0 bridgehead atoms. The second-order valence-corrected chi connectivity index (χ2v) is 7.49. The van der Waals surface area contributed by atoms with E-state index in [0.717, 1.165) is 57.5 Å². The molecule has 1 fully saturated rings. The molecule has 3 aliphatic rings. The largest absolute Gasteiger partial charge is 0.490 e. The number of piperidine rings is 1. The first-order chi connectivity index (χ1) is 12.2. The van der Waals surface area contributed by atoms with Gasteiger partial charge in [0.2, 0.25) is 0 Å². The molecule has 2 aliphatic carbocycles. The summed E-state index contributed by atoms with van der Waals surface area (Å²) in [5.41, 5.74) is 3.41. The molecule has 0 spiro atoms. The maximum absolute atomic E-state index is 10.9. The first-order valence-electron chi connectivity index (χ1n) is 9.42. The maximum atomic E-state index is 10.9. The van der Waals surface area contributed by atoms with Crippen molar-refractivity contribution in [2.24, 2.45) is 0 Å². The van der Waals surface area contributed by atoms with Gasteiger partial charge in [-0.3, -0.25) is 4.90 Å². The van der Waals surface area contributed by atoms with E-state index in [1.165, 1.54) is 16.7 Å². The van der Waals surface area contributed by atoms with E-state index in [-0.39, 0.29) is 0 Å². The molecule has 0 radical (unpaired) electrons. The van der Waals surface area contributed by atoms with Gasteiger partial charge in [0.05, 0.1) is 0 Å². The molecule has 25 heavy (non-hydrogen) atoms. The zero-order valence-electron chi connectivity index (χ0n) is 14.8. The molecule has 1 saturated heterocycles. The SMILES string of the molecule is OC1(COC2=C3CCC=C3CC=C2)CCN(Cc2ccccc2)CC1. The number of nitrogens with zero attached hydrogens (tertiary/aromatic N) is 1. The van der Waals surface area contributed by atoms with Gasteiger partial charge in [0.15, 0.2) is 0 Å². The summed E-state index contributed by atoms with van der Waals surface area (Å²) in [4.78, 5) is 2.42. The van der Waals surface area contributed by atoms with Crippen molar-refractivity contribution in [1.29, 1.82) is 0 Å². The highest BCUT2D eigenvalue weighted by molar-refractivity contribution is 5.45. The third kappa shape index (κ3) is 3.88. The van der Waals surface area contributed by atoms with E-state index in [9.17, 15) is 5.11 Å². The molecule has 4 rings (SSSR count). The van der Waals surface area contributed by atoms with Crippen molar-refractivity contribution in [3.05, 3.63) is 71.0 Å². The summed E-state index contributed by atoms with van der Waals surface area (Å²) < 4.78 is 6.08.